The van der Waals surface area contributed by atoms with Crippen molar-refractivity contribution >= 4 is 5.91 Å². The molecule has 0 spiro atoms. The molecule has 2 rings (SSSR count). The number of carbonyl (C=O) groups excluding carboxylic acids is 1. The smallest absolute Gasteiger partial charge is 0.253 e. The largest absolute Gasteiger partial charge is 0.339 e. The number of hydrogen-bond acceptors (Lipinski definition) is 1. The van der Waals surface area contributed by atoms with Gasteiger partial charge >= 0.3 is 0 Å². The molecule has 1 aliphatic carbocycles. The Bertz CT molecular complexity index is 352. The van der Waals surface area contributed by atoms with Crippen LogP contribution in [0.3, 0.4) is 0 Å². The first kappa shape index (κ1) is 12.2. The standard InChI is InChI=1S/C15H21NO/c1-16(14-11-7-2-3-8-12-14)15(17)13-9-5-4-6-10-13/h4-6,9-10,14H,2-3,7-8,11-12H2,1H3. The van der Waals surface area contributed by atoms with E-state index in [-0.39, 0.29) is 5.91 Å². The molecule has 1 amide bonds. The van der Waals surface area contributed by atoms with E-state index in [9.17, 15) is 4.79 Å². The van der Waals surface area contributed by atoms with E-state index in [4.69, 9.17) is 0 Å². The molecule has 92 valence electrons. The minimum Gasteiger partial charge on any atom is -0.339 e. The van der Waals surface area contributed by atoms with Gasteiger partial charge in [0.15, 0.2) is 0 Å². The molecule has 2 heteroatoms. The Hall–Kier alpha value is -1.31. The van der Waals surface area contributed by atoms with Crippen LogP contribution in [-0.4, -0.2) is 23.9 Å². The van der Waals surface area contributed by atoms with Crippen molar-refractivity contribution in [3.05, 3.63) is 35.9 Å². The second-order valence-corrected chi connectivity index (χ2v) is 4.93. The summed E-state index contributed by atoms with van der Waals surface area (Å²) in [6.07, 6.45) is 7.49. The van der Waals surface area contributed by atoms with Crippen molar-refractivity contribution in [2.75, 3.05) is 7.05 Å². The topological polar surface area (TPSA) is 20.3 Å². The molecular formula is C15H21NO. The summed E-state index contributed by atoms with van der Waals surface area (Å²) >= 11 is 0. The van der Waals surface area contributed by atoms with Crippen LogP contribution in [0.15, 0.2) is 30.3 Å². The summed E-state index contributed by atoms with van der Waals surface area (Å²) in [6.45, 7) is 0. The summed E-state index contributed by atoms with van der Waals surface area (Å²) < 4.78 is 0. The second kappa shape index (κ2) is 5.85. The van der Waals surface area contributed by atoms with Gasteiger partial charge < -0.3 is 4.90 Å². The van der Waals surface area contributed by atoms with Gasteiger partial charge in [-0.15, -0.1) is 0 Å². The summed E-state index contributed by atoms with van der Waals surface area (Å²) in [6, 6.07) is 10.0. The highest BCUT2D eigenvalue weighted by molar-refractivity contribution is 5.94. The van der Waals surface area contributed by atoms with Crippen LogP contribution in [0.5, 0.6) is 0 Å². The van der Waals surface area contributed by atoms with Gasteiger partial charge in [-0.1, -0.05) is 43.9 Å². The second-order valence-electron chi connectivity index (χ2n) is 4.93. The van der Waals surface area contributed by atoms with Crippen LogP contribution in [-0.2, 0) is 0 Å². The summed E-state index contributed by atoms with van der Waals surface area (Å²) in [4.78, 5) is 14.2. The Kier molecular flexibility index (Phi) is 4.18. The number of rotatable bonds is 2. The van der Waals surface area contributed by atoms with E-state index in [1.807, 2.05) is 42.3 Å². The van der Waals surface area contributed by atoms with Crippen molar-refractivity contribution in [1.82, 2.24) is 4.90 Å². The van der Waals surface area contributed by atoms with Gasteiger partial charge in [-0.05, 0) is 25.0 Å². The quantitative estimate of drug-likeness (QED) is 0.714. The number of benzene rings is 1. The molecule has 0 N–H and O–H groups in total. The molecule has 17 heavy (non-hydrogen) atoms. The number of hydrogen-bond donors (Lipinski definition) is 0. The van der Waals surface area contributed by atoms with Gasteiger partial charge in [-0.3, -0.25) is 4.79 Å². The minimum absolute atomic E-state index is 0.164. The fourth-order valence-corrected chi connectivity index (χ4v) is 2.60. The van der Waals surface area contributed by atoms with E-state index in [0.29, 0.717) is 6.04 Å². The van der Waals surface area contributed by atoms with Crippen molar-refractivity contribution in [3.63, 3.8) is 0 Å². The van der Waals surface area contributed by atoms with Crippen LogP contribution in [0.25, 0.3) is 0 Å². The Balaban J connectivity index is 2.03. The first-order valence-electron chi connectivity index (χ1n) is 6.61. The minimum atomic E-state index is 0.164. The number of carbonyl (C=O) groups is 1. The first-order valence-corrected chi connectivity index (χ1v) is 6.61. The summed E-state index contributed by atoms with van der Waals surface area (Å²) in [5.74, 6) is 0.164. The molecule has 1 saturated carbocycles. The van der Waals surface area contributed by atoms with Crippen molar-refractivity contribution in [2.24, 2.45) is 0 Å². The molecule has 0 aliphatic heterocycles. The molecule has 0 aromatic heterocycles. The lowest BCUT2D eigenvalue weighted by Crippen LogP contribution is -2.36. The van der Waals surface area contributed by atoms with E-state index < -0.39 is 0 Å². The van der Waals surface area contributed by atoms with Gasteiger partial charge in [0.25, 0.3) is 5.91 Å². The van der Waals surface area contributed by atoms with Crippen LogP contribution in [0.4, 0.5) is 0 Å². The van der Waals surface area contributed by atoms with E-state index in [2.05, 4.69) is 0 Å². The highest BCUT2D eigenvalue weighted by atomic mass is 16.2. The lowest BCUT2D eigenvalue weighted by Gasteiger charge is -2.27. The third-order valence-corrected chi connectivity index (χ3v) is 3.71. The zero-order valence-corrected chi connectivity index (χ0v) is 10.6. The first-order chi connectivity index (χ1) is 8.29. The van der Waals surface area contributed by atoms with E-state index in [1.54, 1.807) is 0 Å². The molecule has 0 radical (unpaired) electrons. The Morgan fingerprint density at radius 1 is 1.06 bits per heavy atom. The summed E-state index contributed by atoms with van der Waals surface area (Å²) in [5, 5.41) is 0. The molecular weight excluding hydrogens is 210 g/mol. The lowest BCUT2D eigenvalue weighted by atomic mass is 10.1. The van der Waals surface area contributed by atoms with Crippen LogP contribution >= 0.6 is 0 Å². The summed E-state index contributed by atoms with van der Waals surface area (Å²) in [5.41, 5.74) is 0.805. The Labute approximate surface area is 104 Å². The van der Waals surface area contributed by atoms with Gasteiger partial charge in [0.2, 0.25) is 0 Å². The molecule has 1 fully saturated rings. The van der Waals surface area contributed by atoms with E-state index in [1.165, 1.54) is 25.7 Å². The Morgan fingerprint density at radius 2 is 1.65 bits per heavy atom. The van der Waals surface area contributed by atoms with E-state index in [0.717, 1.165) is 18.4 Å². The van der Waals surface area contributed by atoms with Crippen molar-refractivity contribution in [2.45, 2.75) is 44.6 Å². The highest BCUT2D eigenvalue weighted by Gasteiger charge is 2.21. The maximum Gasteiger partial charge on any atom is 0.253 e. The normalized spacial score (nSPS) is 17.5. The molecule has 0 unspecified atom stereocenters. The fourth-order valence-electron chi connectivity index (χ4n) is 2.60. The molecule has 0 atom stereocenters. The molecule has 0 saturated heterocycles. The van der Waals surface area contributed by atoms with Crippen LogP contribution in [0.1, 0.15) is 48.9 Å². The van der Waals surface area contributed by atoms with Crippen LogP contribution in [0, 0.1) is 0 Å². The van der Waals surface area contributed by atoms with Crippen molar-refractivity contribution in [3.8, 4) is 0 Å². The number of amides is 1. The molecule has 1 aromatic rings. The van der Waals surface area contributed by atoms with Gasteiger partial charge in [-0.25, -0.2) is 0 Å². The lowest BCUT2D eigenvalue weighted by molar-refractivity contribution is 0.0717. The summed E-state index contributed by atoms with van der Waals surface area (Å²) in [7, 11) is 1.95. The van der Waals surface area contributed by atoms with Gasteiger partial charge in [0.1, 0.15) is 0 Å². The molecule has 1 aromatic carbocycles. The van der Waals surface area contributed by atoms with Crippen LogP contribution in [0.2, 0.25) is 0 Å². The molecule has 0 heterocycles. The predicted molar refractivity (Wildman–Crippen MR) is 70.0 cm³/mol. The predicted octanol–water partition coefficient (Wildman–Crippen LogP) is 3.48. The van der Waals surface area contributed by atoms with Gasteiger partial charge in [0, 0.05) is 18.7 Å². The van der Waals surface area contributed by atoms with Crippen LogP contribution < -0.4 is 0 Å². The van der Waals surface area contributed by atoms with Gasteiger partial charge in [0.05, 0.1) is 0 Å². The van der Waals surface area contributed by atoms with Crippen molar-refractivity contribution < 1.29 is 4.79 Å². The maximum absolute atomic E-state index is 12.3. The average Bonchev–Trinajstić information content (AvgIpc) is 2.67. The maximum atomic E-state index is 12.3. The molecule has 1 aliphatic rings. The number of nitrogens with zero attached hydrogens (tertiary/aromatic N) is 1. The molecule has 2 nitrogen and oxygen atoms in total. The highest BCUT2D eigenvalue weighted by Crippen LogP contribution is 2.22. The average molecular weight is 231 g/mol. The molecule has 0 bridgehead atoms. The third kappa shape index (κ3) is 3.09. The zero-order chi connectivity index (χ0) is 12.1. The van der Waals surface area contributed by atoms with E-state index >= 15 is 0 Å². The fraction of sp³-hybridized carbons (Fsp3) is 0.533. The Morgan fingerprint density at radius 3 is 2.24 bits per heavy atom. The monoisotopic (exact) mass is 231 g/mol. The zero-order valence-electron chi connectivity index (χ0n) is 10.6. The van der Waals surface area contributed by atoms with Crippen molar-refractivity contribution in [1.29, 1.82) is 0 Å². The van der Waals surface area contributed by atoms with Gasteiger partial charge in [-0.2, -0.15) is 0 Å². The third-order valence-electron chi connectivity index (χ3n) is 3.71. The SMILES string of the molecule is CN(C(=O)c1ccccc1)C1CCCCCC1.